The first-order valence-electron chi connectivity index (χ1n) is 8.58. The summed E-state index contributed by atoms with van der Waals surface area (Å²) in [6, 6.07) is 13.3. The minimum absolute atomic E-state index is 0.143. The molecule has 2 unspecified atom stereocenters. The van der Waals surface area contributed by atoms with E-state index in [4.69, 9.17) is 9.47 Å². The highest BCUT2D eigenvalue weighted by atomic mass is 16.5. The van der Waals surface area contributed by atoms with Crippen molar-refractivity contribution >= 4 is 0 Å². The van der Waals surface area contributed by atoms with Gasteiger partial charge in [0.05, 0.1) is 7.11 Å². The first-order valence-corrected chi connectivity index (χ1v) is 8.58. The fraction of sp³-hybridized carbons (Fsp3) is 0.400. The van der Waals surface area contributed by atoms with Crippen LogP contribution in [-0.4, -0.2) is 48.0 Å². The van der Waals surface area contributed by atoms with Crippen molar-refractivity contribution in [1.82, 2.24) is 4.90 Å². The molecule has 0 radical (unpaired) electrons. The van der Waals surface area contributed by atoms with Crippen molar-refractivity contribution in [3.8, 4) is 17.2 Å². The van der Waals surface area contributed by atoms with Gasteiger partial charge in [0.15, 0.2) is 11.5 Å². The molecule has 5 heteroatoms. The quantitative estimate of drug-likeness (QED) is 0.844. The van der Waals surface area contributed by atoms with Crippen molar-refractivity contribution in [2.45, 2.75) is 25.5 Å². The molecule has 0 aliphatic carbocycles. The van der Waals surface area contributed by atoms with Crippen molar-refractivity contribution in [1.29, 1.82) is 0 Å². The highest BCUT2D eigenvalue weighted by Gasteiger charge is 2.27. The highest BCUT2D eigenvalue weighted by Crippen LogP contribution is 2.37. The van der Waals surface area contributed by atoms with Gasteiger partial charge in [0.2, 0.25) is 0 Å². The van der Waals surface area contributed by atoms with E-state index in [1.807, 2.05) is 36.4 Å². The lowest BCUT2D eigenvalue weighted by atomic mass is 9.92. The van der Waals surface area contributed by atoms with Gasteiger partial charge in [-0.1, -0.05) is 18.2 Å². The number of phenolic OH excluding ortho intramolecular Hbond substituents is 1. The summed E-state index contributed by atoms with van der Waals surface area (Å²) in [5, 5.41) is 20.3. The average molecular weight is 343 g/mol. The van der Waals surface area contributed by atoms with Gasteiger partial charge in [-0.05, 0) is 48.7 Å². The molecule has 25 heavy (non-hydrogen) atoms. The molecule has 2 aromatic carbocycles. The largest absolute Gasteiger partial charge is 0.504 e. The Kier molecular flexibility index (Phi) is 5.46. The van der Waals surface area contributed by atoms with Gasteiger partial charge in [0.1, 0.15) is 18.5 Å². The van der Waals surface area contributed by atoms with E-state index in [0.717, 1.165) is 29.8 Å². The number of fused-ring (bicyclic) bond motifs is 1. The number of hydrogen-bond acceptors (Lipinski definition) is 5. The Bertz CT molecular complexity index is 704. The maximum absolute atomic E-state index is 10.3. The van der Waals surface area contributed by atoms with Gasteiger partial charge >= 0.3 is 0 Å². The van der Waals surface area contributed by atoms with Crippen LogP contribution in [0, 0.1) is 0 Å². The molecule has 5 nitrogen and oxygen atoms in total. The standard InChI is InChI=1S/C20H25NO4/c1-14-18-11-20(24-2)19(23)10-15(18)8-9-21(14)12-16(22)13-25-17-6-4-3-5-7-17/h3-7,10-11,14,16,22-23H,8-9,12-13H2,1-2H3. The summed E-state index contributed by atoms with van der Waals surface area (Å²) in [5.74, 6) is 1.43. The molecule has 2 aromatic rings. The van der Waals surface area contributed by atoms with Crippen molar-refractivity contribution in [3.63, 3.8) is 0 Å². The molecule has 0 amide bonds. The van der Waals surface area contributed by atoms with E-state index >= 15 is 0 Å². The number of hydrogen-bond donors (Lipinski definition) is 2. The second-order valence-corrected chi connectivity index (χ2v) is 6.42. The van der Waals surface area contributed by atoms with Crippen LogP contribution in [-0.2, 0) is 6.42 Å². The van der Waals surface area contributed by atoms with Gasteiger partial charge in [-0.2, -0.15) is 0 Å². The number of nitrogens with zero attached hydrogens (tertiary/aromatic N) is 1. The predicted octanol–water partition coefficient (Wildman–Crippen LogP) is 2.76. The second-order valence-electron chi connectivity index (χ2n) is 6.42. The molecule has 0 saturated heterocycles. The molecule has 0 fully saturated rings. The van der Waals surface area contributed by atoms with Gasteiger partial charge in [-0.15, -0.1) is 0 Å². The summed E-state index contributed by atoms with van der Waals surface area (Å²) < 4.78 is 10.9. The average Bonchev–Trinajstić information content (AvgIpc) is 2.63. The van der Waals surface area contributed by atoms with Crippen LogP contribution in [0.3, 0.4) is 0 Å². The lowest BCUT2D eigenvalue weighted by Crippen LogP contribution is -2.41. The SMILES string of the molecule is COc1cc2c(cc1O)CCN(CC(O)COc1ccccc1)C2C. The van der Waals surface area contributed by atoms with Gasteiger partial charge in [0, 0.05) is 19.1 Å². The molecular weight excluding hydrogens is 318 g/mol. The third-order valence-electron chi connectivity index (χ3n) is 4.74. The first kappa shape index (κ1) is 17.6. The van der Waals surface area contributed by atoms with E-state index in [2.05, 4.69) is 11.8 Å². The first-order chi connectivity index (χ1) is 12.1. The van der Waals surface area contributed by atoms with Crippen LogP contribution in [0.1, 0.15) is 24.1 Å². The Hall–Kier alpha value is -2.24. The number of aromatic hydroxyl groups is 1. The third-order valence-corrected chi connectivity index (χ3v) is 4.74. The molecule has 0 spiro atoms. The number of para-hydroxylation sites is 1. The highest BCUT2D eigenvalue weighted by molar-refractivity contribution is 5.48. The Labute approximate surface area is 148 Å². The molecule has 134 valence electrons. The zero-order chi connectivity index (χ0) is 17.8. The normalized spacial score (nSPS) is 18.4. The number of phenols is 1. The number of β-amino-alcohol motifs (C(OH)–C–C–N with tert-alkyl or cyclic N) is 1. The van der Waals surface area contributed by atoms with Gasteiger partial charge in [0.25, 0.3) is 0 Å². The Morgan fingerprint density at radius 3 is 2.72 bits per heavy atom. The fourth-order valence-corrected chi connectivity index (χ4v) is 3.33. The van der Waals surface area contributed by atoms with Crippen LogP contribution in [0.25, 0.3) is 0 Å². The van der Waals surface area contributed by atoms with E-state index in [9.17, 15) is 10.2 Å². The van der Waals surface area contributed by atoms with E-state index in [-0.39, 0.29) is 18.4 Å². The summed E-state index contributed by atoms with van der Waals surface area (Å²) in [4.78, 5) is 2.23. The van der Waals surface area contributed by atoms with E-state index in [1.54, 1.807) is 13.2 Å². The maximum Gasteiger partial charge on any atom is 0.160 e. The van der Waals surface area contributed by atoms with Crippen LogP contribution in [0.2, 0.25) is 0 Å². The fourth-order valence-electron chi connectivity index (χ4n) is 3.33. The molecule has 2 N–H and O–H groups in total. The number of rotatable bonds is 6. The summed E-state index contributed by atoms with van der Waals surface area (Å²) in [7, 11) is 1.55. The summed E-state index contributed by atoms with van der Waals surface area (Å²) in [6.07, 6.45) is 0.270. The number of aliphatic hydroxyl groups is 1. The maximum atomic E-state index is 10.3. The molecule has 1 aliphatic rings. The number of methoxy groups -OCH3 is 1. The molecule has 1 heterocycles. The number of ether oxygens (including phenoxy) is 2. The molecule has 0 bridgehead atoms. The second kappa shape index (κ2) is 7.76. The predicted molar refractivity (Wildman–Crippen MR) is 96.3 cm³/mol. The monoisotopic (exact) mass is 343 g/mol. The molecule has 3 rings (SSSR count). The number of benzene rings is 2. The van der Waals surface area contributed by atoms with Crippen LogP contribution in [0.5, 0.6) is 17.2 Å². The topological polar surface area (TPSA) is 62.2 Å². The molecule has 2 atom stereocenters. The zero-order valence-corrected chi connectivity index (χ0v) is 14.7. The zero-order valence-electron chi connectivity index (χ0n) is 14.7. The Morgan fingerprint density at radius 2 is 2.00 bits per heavy atom. The van der Waals surface area contributed by atoms with Crippen molar-refractivity contribution in [2.75, 3.05) is 26.8 Å². The van der Waals surface area contributed by atoms with Crippen molar-refractivity contribution < 1.29 is 19.7 Å². The minimum Gasteiger partial charge on any atom is -0.504 e. The van der Waals surface area contributed by atoms with Crippen LogP contribution < -0.4 is 9.47 Å². The van der Waals surface area contributed by atoms with Gasteiger partial charge in [-0.3, -0.25) is 4.90 Å². The molecular formula is C20H25NO4. The van der Waals surface area contributed by atoms with Gasteiger partial charge in [-0.25, -0.2) is 0 Å². The summed E-state index contributed by atoms with van der Waals surface area (Å²) in [5.41, 5.74) is 2.27. The smallest absolute Gasteiger partial charge is 0.160 e. The van der Waals surface area contributed by atoms with Gasteiger partial charge < -0.3 is 19.7 Å². The number of aliphatic hydroxyl groups excluding tert-OH is 1. The van der Waals surface area contributed by atoms with Crippen molar-refractivity contribution in [2.24, 2.45) is 0 Å². The van der Waals surface area contributed by atoms with Crippen LogP contribution in [0.15, 0.2) is 42.5 Å². The Morgan fingerprint density at radius 1 is 1.24 bits per heavy atom. The third kappa shape index (κ3) is 4.06. The molecule has 0 saturated carbocycles. The lowest BCUT2D eigenvalue weighted by molar-refractivity contribution is 0.0517. The van der Waals surface area contributed by atoms with E-state index in [0.29, 0.717) is 12.3 Å². The van der Waals surface area contributed by atoms with Crippen LogP contribution in [0.4, 0.5) is 0 Å². The van der Waals surface area contributed by atoms with Crippen LogP contribution >= 0.6 is 0 Å². The minimum atomic E-state index is -0.566. The molecule has 0 aromatic heterocycles. The Balaban J connectivity index is 1.62. The van der Waals surface area contributed by atoms with E-state index < -0.39 is 6.10 Å². The lowest BCUT2D eigenvalue weighted by Gasteiger charge is -2.36. The van der Waals surface area contributed by atoms with E-state index in [1.165, 1.54) is 0 Å². The molecule has 1 aliphatic heterocycles. The van der Waals surface area contributed by atoms with Crippen molar-refractivity contribution in [3.05, 3.63) is 53.6 Å². The summed E-state index contributed by atoms with van der Waals surface area (Å²) in [6.45, 7) is 3.75. The summed E-state index contributed by atoms with van der Waals surface area (Å²) >= 11 is 0.